The second kappa shape index (κ2) is 15.3. The third-order valence-corrected chi connectivity index (χ3v) is 9.83. The first-order chi connectivity index (χ1) is 26.4. The molecule has 7 rings (SSSR count). The summed E-state index contributed by atoms with van der Waals surface area (Å²) < 4.78 is 24.7. The van der Waals surface area contributed by atoms with Gasteiger partial charge in [0.25, 0.3) is 16.8 Å². The number of rotatable bonds is 11. The molecule has 0 unspecified atom stereocenters. The van der Waals surface area contributed by atoms with Crippen LogP contribution in [0.1, 0.15) is 36.8 Å². The van der Waals surface area contributed by atoms with Gasteiger partial charge in [-0.15, -0.1) is 0 Å². The number of nitrogens with zero attached hydrogens (tertiary/aromatic N) is 3. The van der Waals surface area contributed by atoms with E-state index in [1.54, 1.807) is 66.1 Å². The van der Waals surface area contributed by atoms with Crippen molar-refractivity contribution < 1.29 is 28.5 Å². The van der Waals surface area contributed by atoms with Crippen molar-refractivity contribution in [3.8, 4) is 45.3 Å². The normalized spacial score (nSPS) is 14.4. The predicted molar refractivity (Wildman–Crippen MR) is 209 cm³/mol. The number of carbonyl (C=O) groups excluding carboxylic acids is 2. The summed E-state index contributed by atoms with van der Waals surface area (Å²) in [6.45, 7) is 7.54. The summed E-state index contributed by atoms with van der Waals surface area (Å²) in [6.07, 6.45) is 0. The van der Waals surface area contributed by atoms with Crippen LogP contribution in [0, 0.1) is 0 Å². The van der Waals surface area contributed by atoms with Crippen LogP contribution in [0.4, 0.5) is 16.2 Å². The van der Waals surface area contributed by atoms with Crippen molar-refractivity contribution in [3.63, 3.8) is 0 Å². The van der Waals surface area contributed by atoms with Gasteiger partial charge in [-0.2, -0.15) is 5.10 Å². The summed E-state index contributed by atoms with van der Waals surface area (Å²) in [4.78, 5) is 52.5. The number of urea groups is 1. The number of fused-ring (bicyclic) bond motifs is 3. The number of halogens is 2. The second-order valence-electron chi connectivity index (χ2n) is 13.6. The van der Waals surface area contributed by atoms with Crippen LogP contribution in [0.15, 0.2) is 64.2 Å². The highest BCUT2D eigenvalue weighted by atomic mass is 35.5. The van der Waals surface area contributed by atoms with Crippen LogP contribution < -0.4 is 41.0 Å². The number of amides is 3. The first kappa shape index (κ1) is 37.7. The van der Waals surface area contributed by atoms with E-state index in [1.807, 2.05) is 26.0 Å². The van der Waals surface area contributed by atoms with Crippen molar-refractivity contribution in [2.75, 3.05) is 57.2 Å². The maximum atomic E-state index is 14.3. The Morgan fingerprint density at radius 2 is 1.78 bits per heavy atom. The van der Waals surface area contributed by atoms with Crippen LogP contribution in [0.5, 0.6) is 17.2 Å². The van der Waals surface area contributed by atoms with Gasteiger partial charge in [0.05, 0.1) is 43.9 Å². The lowest BCUT2D eigenvalue weighted by molar-refractivity contribution is -0.0374. The molecule has 1 aromatic heterocycles. The first-order valence-corrected chi connectivity index (χ1v) is 18.3. The first-order valence-electron chi connectivity index (χ1n) is 17.6. The molecule has 16 heteroatoms. The maximum Gasteiger partial charge on any atom is 0.319 e. The van der Waals surface area contributed by atoms with Gasteiger partial charge in [0, 0.05) is 58.1 Å². The zero-order valence-corrected chi connectivity index (χ0v) is 32.0. The average molecular weight is 790 g/mol. The standard InChI is InChI=1S/C39H38Cl2N6O8/c1-5-54-36-32(34(48)35(36)49)42-9-10-43-38(51)44-24-8-6-7-21(13-24)26-17-27-30(18-29(26)52-4)55-19-28-31(37(50)46-11-12-53-20-39(46,2)3)45-47(33(27)28)25-15-22(40)14-23(41)16-25/h6-8,13-18,42H,5,9-12,19-20H2,1-4H3,(H2,43,44,51). The Morgan fingerprint density at radius 1 is 1.00 bits per heavy atom. The quantitative estimate of drug-likeness (QED) is 0.109. The van der Waals surface area contributed by atoms with E-state index < -0.39 is 22.4 Å². The third-order valence-electron chi connectivity index (χ3n) is 9.40. The molecule has 0 radical (unpaired) electrons. The van der Waals surface area contributed by atoms with Gasteiger partial charge in [0.15, 0.2) is 11.4 Å². The average Bonchev–Trinajstić information content (AvgIpc) is 3.56. The number of benzene rings is 3. The topological polar surface area (TPSA) is 162 Å². The van der Waals surface area contributed by atoms with Gasteiger partial charge >= 0.3 is 6.03 Å². The molecule has 0 atom stereocenters. The fourth-order valence-electron chi connectivity index (χ4n) is 6.77. The molecular formula is C39H38Cl2N6O8. The van der Waals surface area contributed by atoms with Gasteiger partial charge in [-0.1, -0.05) is 35.3 Å². The summed E-state index contributed by atoms with van der Waals surface area (Å²) >= 11 is 12.9. The summed E-state index contributed by atoms with van der Waals surface area (Å²) in [5.74, 6) is 0.803. The number of hydrogen-bond acceptors (Lipinski definition) is 10. The Balaban J connectivity index is 1.19. The third kappa shape index (κ3) is 7.32. The van der Waals surface area contributed by atoms with Crippen LogP contribution in [-0.4, -0.2) is 78.7 Å². The van der Waals surface area contributed by atoms with Gasteiger partial charge in [0.1, 0.15) is 23.8 Å². The number of aromatic nitrogens is 2. The van der Waals surface area contributed by atoms with E-state index in [0.29, 0.717) is 75.1 Å². The molecule has 2 aliphatic rings. The van der Waals surface area contributed by atoms with E-state index in [4.69, 9.17) is 47.2 Å². The van der Waals surface area contributed by atoms with Gasteiger partial charge in [0.2, 0.25) is 0 Å². The SMILES string of the molecule is CCOc1c(NCCNC(=O)Nc2cccc(-c3cc4c(cc3OC)OCc3c(C(=O)N5CCOCC5(C)C)nn(-c5cc(Cl)cc(Cl)c5)c3-4)c2)c(=O)c1=O. The maximum absolute atomic E-state index is 14.3. The highest BCUT2D eigenvalue weighted by Gasteiger charge is 2.39. The highest BCUT2D eigenvalue weighted by Crippen LogP contribution is 2.47. The molecule has 5 aromatic rings. The molecule has 286 valence electrons. The van der Waals surface area contributed by atoms with E-state index in [1.165, 1.54) is 0 Å². The molecule has 14 nitrogen and oxygen atoms in total. The Hall–Kier alpha value is -5.57. The van der Waals surface area contributed by atoms with Crippen molar-refractivity contribution >= 4 is 46.5 Å². The molecule has 3 amide bonds. The molecular weight excluding hydrogens is 751 g/mol. The van der Waals surface area contributed by atoms with Crippen LogP contribution in [0.2, 0.25) is 10.0 Å². The second-order valence-corrected chi connectivity index (χ2v) is 14.4. The molecule has 0 aliphatic carbocycles. The minimum absolute atomic E-state index is 0.0124. The molecule has 2 aliphatic heterocycles. The van der Waals surface area contributed by atoms with Gasteiger partial charge < -0.3 is 39.8 Å². The molecule has 0 bridgehead atoms. The van der Waals surface area contributed by atoms with Crippen LogP contribution in [0.3, 0.4) is 0 Å². The van der Waals surface area contributed by atoms with E-state index in [2.05, 4.69) is 16.0 Å². The van der Waals surface area contributed by atoms with E-state index in [0.717, 1.165) is 5.56 Å². The molecule has 0 spiro atoms. The van der Waals surface area contributed by atoms with Crippen molar-refractivity contribution in [3.05, 3.63) is 96.3 Å². The monoisotopic (exact) mass is 788 g/mol. The summed E-state index contributed by atoms with van der Waals surface area (Å²) in [6, 6.07) is 15.5. The molecule has 1 fully saturated rings. The fourth-order valence-corrected chi connectivity index (χ4v) is 7.29. The van der Waals surface area contributed by atoms with Crippen molar-refractivity contribution in [2.45, 2.75) is 32.9 Å². The van der Waals surface area contributed by atoms with Crippen molar-refractivity contribution in [2.24, 2.45) is 0 Å². The molecule has 3 heterocycles. The van der Waals surface area contributed by atoms with E-state index >= 15 is 0 Å². The lowest BCUT2D eigenvalue weighted by atomic mass is 9.95. The number of carbonyl (C=O) groups is 2. The number of morpholine rings is 1. The van der Waals surface area contributed by atoms with Crippen LogP contribution in [0.25, 0.3) is 28.1 Å². The Kier molecular flexibility index (Phi) is 10.5. The van der Waals surface area contributed by atoms with E-state index in [9.17, 15) is 19.2 Å². The van der Waals surface area contributed by atoms with Crippen LogP contribution >= 0.6 is 23.2 Å². The van der Waals surface area contributed by atoms with Crippen LogP contribution in [-0.2, 0) is 11.3 Å². The minimum atomic E-state index is -0.664. The Labute approximate surface area is 325 Å². The number of hydrogen-bond donors (Lipinski definition) is 3. The predicted octanol–water partition coefficient (Wildman–Crippen LogP) is 5.89. The molecule has 55 heavy (non-hydrogen) atoms. The Morgan fingerprint density at radius 3 is 2.51 bits per heavy atom. The van der Waals surface area contributed by atoms with Gasteiger partial charge in [-0.05, 0) is 62.7 Å². The number of anilines is 2. The smallest absolute Gasteiger partial charge is 0.319 e. The number of nitrogens with one attached hydrogen (secondary N) is 3. The number of methoxy groups -OCH3 is 1. The van der Waals surface area contributed by atoms with Gasteiger partial charge in [-0.25, -0.2) is 9.48 Å². The lowest BCUT2D eigenvalue weighted by Gasteiger charge is -2.41. The van der Waals surface area contributed by atoms with Crippen molar-refractivity contribution in [1.82, 2.24) is 20.0 Å². The Bertz CT molecular complexity index is 2360. The fraction of sp³-hybridized carbons (Fsp3) is 0.308. The van der Waals surface area contributed by atoms with E-state index in [-0.39, 0.29) is 49.3 Å². The number of ether oxygens (including phenoxy) is 4. The summed E-state index contributed by atoms with van der Waals surface area (Å²) in [5.41, 5.74) is 2.85. The zero-order valence-electron chi connectivity index (χ0n) is 30.5. The summed E-state index contributed by atoms with van der Waals surface area (Å²) in [5, 5.41) is 14.1. The molecule has 1 saturated heterocycles. The lowest BCUT2D eigenvalue weighted by Crippen LogP contribution is -2.55. The summed E-state index contributed by atoms with van der Waals surface area (Å²) in [7, 11) is 1.56. The zero-order chi connectivity index (χ0) is 39.0. The molecule has 3 N–H and O–H groups in total. The largest absolute Gasteiger partial charge is 0.496 e. The molecule has 4 aromatic carbocycles. The van der Waals surface area contributed by atoms with Crippen molar-refractivity contribution in [1.29, 1.82) is 0 Å². The highest BCUT2D eigenvalue weighted by molar-refractivity contribution is 6.34. The molecule has 0 saturated carbocycles. The van der Waals surface area contributed by atoms with Gasteiger partial charge in [-0.3, -0.25) is 14.4 Å². The minimum Gasteiger partial charge on any atom is -0.496 e.